The summed E-state index contributed by atoms with van der Waals surface area (Å²) in [6.45, 7) is 0. The zero-order valence-electron chi connectivity index (χ0n) is 15.1. The molecule has 0 N–H and O–H groups in total. The molecular weight excluding hydrogens is 344 g/mol. The number of rotatable bonds is 7. The van der Waals surface area contributed by atoms with Crippen molar-refractivity contribution in [2.75, 3.05) is 21.3 Å². The van der Waals surface area contributed by atoms with Crippen LogP contribution in [0.4, 0.5) is 0 Å². The zero-order valence-corrected chi connectivity index (χ0v) is 16.0. The maximum atomic E-state index is 5.82. The zero-order chi connectivity index (χ0) is 18.4. The molecule has 0 radical (unpaired) electrons. The molecule has 4 heteroatoms. The van der Waals surface area contributed by atoms with Crippen molar-refractivity contribution < 1.29 is 14.2 Å². The molecule has 26 heavy (non-hydrogen) atoms. The molecule has 0 atom stereocenters. The van der Waals surface area contributed by atoms with E-state index in [0.717, 1.165) is 21.8 Å². The summed E-state index contributed by atoms with van der Waals surface area (Å²) in [6.07, 6.45) is 0. The molecule has 0 amide bonds. The van der Waals surface area contributed by atoms with Crippen LogP contribution in [-0.4, -0.2) is 21.3 Å². The molecule has 0 fully saturated rings. The van der Waals surface area contributed by atoms with E-state index in [1.807, 2.05) is 54.6 Å². The molecule has 0 saturated heterocycles. The van der Waals surface area contributed by atoms with Crippen LogP contribution in [0.5, 0.6) is 5.75 Å². The predicted molar refractivity (Wildman–Crippen MR) is 105 cm³/mol. The highest BCUT2D eigenvalue weighted by Crippen LogP contribution is 2.36. The summed E-state index contributed by atoms with van der Waals surface area (Å²) < 4.78 is 16.9. The first kappa shape index (κ1) is 18.5. The number of methoxy groups -OCH3 is 3. The van der Waals surface area contributed by atoms with Crippen LogP contribution < -0.4 is 4.74 Å². The standard InChI is InChI=1S/C22H22O3S/c1-23-19-13-9-17(10-14-19)22(24-2,25-3)18-11-15-21(16-12-18)26-20-7-5-4-6-8-20/h4-16H,1-3H3. The fourth-order valence-corrected chi connectivity index (χ4v) is 3.74. The topological polar surface area (TPSA) is 27.7 Å². The third kappa shape index (κ3) is 3.78. The van der Waals surface area contributed by atoms with Crippen LogP contribution in [0.2, 0.25) is 0 Å². The normalized spacial score (nSPS) is 11.3. The summed E-state index contributed by atoms with van der Waals surface area (Å²) in [4.78, 5) is 2.37. The largest absolute Gasteiger partial charge is 0.497 e. The lowest BCUT2D eigenvalue weighted by Gasteiger charge is -2.32. The number of hydrogen-bond donors (Lipinski definition) is 0. The molecular formula is C22H22O3S. The molecule has 3 rings (SSSR count). The maximum absolute atomic E-state index is 5.82. The van der Waals surface area contributed by atoms with Crippen LogP contribution in [0.1, 0.15) is 11.1 Å². The molecule has 0 saturated carbocycles. The highest BCUT2D eigenvalue weighted by atomic mass is 32.2. The maximum Gasteiger partial charge on any atom is 0.221 e. The molecule has 134 valence electrons. The lowest BCUT2D eigenvalue weighted by atomic mass is 9.97. The fraction of sp³-hybridized carbons (Fsp3) is 0.182. The second kappa shape index (κ2) is 8.41. The van der Waals surface area contributed by atoms with E-state index in [1.165, 1.54) is 4.90 Å². The quantitative estimate of drug-likeness (QED) is 0.528. The van der Waals surface area contributed by atoms with Gasteiger partial charge in [-0.1, -0.05) is 42.1 Å². The van der Waals surface area contributed by atoms with Gasteiger partial charge < -0.3 is 14.2 Å². The van der Waals surface area contributed by atoms with Gasteiger partial charge in [0.05, 0.1) is 7.11 Å². The monoisotopic (exact) mass is 366 g/mol. The Morgan fingerprint density at radius 2 is 1.12 bits per heavy atom. The van der Waals surface area contributed by atoms with E-state index >= 15 is 0 Å². The molecule has 0 aliphatic heterocycles. The van der Waals surface area contributed by atoms with Crippen molar-refractivity contribution in [1.29, 1.82) is 0 Å². The molecule has 3 nitrogen and oxygen atoms in total. The van der Waals surface area contributed by atoms with Gasteiger partial charge in [-0.15, -0.1) is 0 Å². The van der Waals surface area contributed by atoms with Crippen molar-refractivity contribution in [1.82, 2.24) is 0 Å². The number of benzene rings is 3. The van der Waals surface area contributed by atoms with Crippen LogP contribution in [0.3, 0.4) is 0 Å². The number of ether oxygens (including phenoxy) is 3. The molecule has 0 heterocycles. The molecule has 3 aromatic carbocycles. The molecule has 3 aromatic rings. The van der Waals surface area contributed by atoms with Gasteiger partial charge in [0.15, 0.2) is 0 Å². The van der Waals surface area contributed by atoms with Gasteiger partial charge in [-0.3, -0.25) is 0 Å². The van der Waals surface area contributed by atoms with Crippen molar-refractivity contribution in [2.24, 2.45) is 0 Å². The van der Waals surface area contributed by atoms with Crippen LogP contribution in [0, 0.1) is 0 Å². The second-order valence-electron chi connectivity index (χ2n) is 5.69. The Labute approximate surface area is 158 Å². The van der Waals surface area contributed by atoms with Gasteiger partial charge in [0.2, 0.25) is 5.79 Å². The SMILES string of the molecule is COc1ccc(C(OC)(OC)c2ccc(Sc3ccccc3)cc2)cc1. The van der Waals surface area contributed by atoms with Crippen LogP contribution in [0.25, 0.3) is 0 Å². The van der Waals surface area contributed by atoms with Gasteiger partial charge in [0.1, 0.15) is 5.75 Å². The third-order valence-electron chi connectivity index (χ3n) is 4.26. The highest BCUT2D eigenvalue weighted by Gasteiger charge is 2.34. The minimum atomic E-state index is -0.956. The van der Waals surface area contributed by atoms with Crippen molar-refractivity contribution >= 4 is 11.8 Å². The summed E-state index contributed by atoms with van der Waals surface area (Å²) in [5.74, 6) is -0.160. The Morgan fingerprint density at radius 1 is 0.615 bits per heavy atom. The molecule has 0 unspecified atom stereocenters. The van der Waals surface area contributed by atoms with Gasteiger partial charge in [-0.2, -0.15) is 0 Å². The Balaban J connectivity index is 1.90. The smallest absolute Gasteiger partial charge is 0.221 e. The van der Waals surface area contributed by atoms with Crippen molar-refractivity contribution in [3.05, 3.63) is 90.0 Å². The predicted octanol–water partition coefficient (Wildman–Crippen LogP) is 5.34. The first-order valence-corrected chi connectivity index (χ1v) is 9.12. The fourth-order valence-electron chi connectivity index (χ4n) is 2.90. The van der Waals surface area contributed by atoms with E-state index < -0.39 is 5.79 Å². The Bertz CT molecular complexity index is 810. The van der Waals surface area contributed by atoms with E-state index in [-0.39, 0.29) is 0 Å². The Hall–Kier alpha value is -2.27. The molecule has 0 aliphatic carbocycles. The minimum absolute atomic E-state index is 0.796. The third-order valence-corrected chi connectivity index (χ3v) is 5.27. The molecule has 0 aliphatic rings. The Morgan fingerprint density at radius 3 is 1.62 bits per heavy atom. The minimum Gasteiger partial charge on any atom is -0.497 e. The lowest BCUT2D eigenvalue weighted by Crippen LogP contribution is -2.32. The first-order valence-electron chi connectivity index (χ1n) is 8.30. The van der Waals surface area contributed by atoms with Crippen LogP contribution in [0.15, 0.2) is 88.7 Å². The number of hydrogen-bond acceptors (Lipinski definition) is 4. The van der Waals surface area contributed by atoms with Gasteiger partial charge in [-0.25, -0.2) is 0 Å². The molecule has 0 bridgehead atoms. The van der Waals surface area contributed by atoms with E-state index in [0.29, 0.717) is 0 Å². The summed E-state index contributed by atoms with van der Waals surface area (Å²) >= 11 is 1.72. The van der Waals surface area contributed by atoms with E-state index in [2.05, 4.69) is 24.3 Å². The van der Waals surface area contributed by atoms with E-state index in [1.54, 1.807) is 33.1 Å². The Kier molecular flexibility index (Phi) is 5.99. The van der Waals surface area contributed by atoms with Crippen molar-refractivity contribution in [3.63, 3.8) is 0 Å². The van der Waals surface area contributed by atoms with Crippen LogP contribution in [-0.2, 0) is 15.3 Å². The average molecular weight is 366 g/mol. The average Bonchev–Trinajstić information content (AvgIpc) is 2.72. The van der Waals surface area contributed by atoms with Crippen molar-refractivity contribution in [3.8, 4) is 5.75 Å². The summed E-state index contributed by atoms with van der Waals surface area (Å²) in [5, 5.41) is 0. The first-order chi connectivity index (χ1) is 12.7. The van der Waals surface area contributed by atoms with Crippen molar-refractivity contribution in [2.45, 2.75) is 15.6 Å². The van der Waals surface area contributed by atoms with E-state index in [9.17, 15) is 0 Å². The van der Waals surface area contributed by atoms with Crippen LogP contribution >= 0.6 is 11.8 Å². The van der Waals surface area contributed by atoms with Gasteiger partial charge in [0, 0.05) is 35.1 Å². The lowest BCUT2D eigenvalue weighted by molar-refractivity contribution is -0.183. The summed E-state index contributed by atoms with van der Waals surface area (Å²) in [5.41, 5.74) is 1.84. The van der Waals surface area contributed by atoms with E-state index in [4.69, 9.17) is 14.2 Å². The second-order valence-corrected chi connectivity index (χ2v) is 6.84. The van der Waals surface area contributed by atoms with Gasteiger partial charge in [-0.05, 0) is 48.5 Å². The molecule has 0 spiro atoms. The van der Waals surface area contributed by atoms with Gasteiger partial charge >= 0.3 is 0 Å². The summed E-state index contributed by atoms with van der Waals surface area (Å²) in [6, 6.07) is 26.3. The highest BCUT2D eigenvalue weighted by molar-refractivity contribution is 7.99. The molecule has 0 aromatic heterocycles. The summed E-state index contributed by atoms with van der Waals surface area (Å²) in [7, 11) is 4.96. The van der Waals surface area contributed by atoms with Gasteiger partial charge in [0.25, 0.3) is 0 Å².